The summed E-state index contributed by atoms with van der Waals surface area (Å²) in [6.07, 6.45) is 0.839. The van der Waals surface area contributed by atoms with E-state index in [4.69, 9.17) is 17.3 Å². The molecule has 0 aliphatic carbocycles. The van der Waals surface area contributed by atoms with Crippen molar-refractivity contribution in [3.05, 3.63) is 30.1 Å². The van der Waals surface area contributed by atoms with Gasteiger partial charge in [-0.2, -0.15) is 0 Å². The molecule has 5 nitrogen and oxygen atoms in total. The molecule has 0 aliphatic rings. The Bertz CT molecular complexity index is 647. The molecule has 3 N–H and O–H groups in total. The molecule has 1 aromatic carbocycles. The SMILES string of the molecule is CC[C@@H](C)C(Nc1nc(CCl)nc2ccccc12)C(N)=O. The number of alkyl halides is 1. The van der Waals surface area contributed by atoms with Crippen LogP contribution in [0, 0.1) is 5.92 Å². The molecule has 0 spiro atoms. The summed E-state index contributed by atoms with van der Waals surface area (Å²) in [5.41, 5.74) is 6.29. The van der Waals surface area contributed by atoms with E-state index in [1.165, 1.54) is 0 Å². The molecule has 0 bridgehead atoms. The third kappa shape index (κ3) is 3.42. The van der Waals surface area contributed by atoms with Gasteiger partial charge in [0.2, 0.25) is 5.91 Å². The minimum Gasteiger partial charge on any atom is -0.368 e. The van der Waals surface area contributed by atoms with Gasteiger partial charge in [-0.15, -0.1) is 11.6 Å². The van der Waals surface area contributed by atoms with Crippen LogP contribution in [0.15, 0.2) is 24.3 Å². The predicted octanol–water partition coefficient (Wildman–Crippen LogP) is 2.68. The molecule has 0 aliphatic heterocycles. The molecule has 1 unspecified atom stereocenters. The molecule has 2 rings (SSSR count). The van der Waals surface area contributed by atoms with Gasteiger partial charge in [0.1, 0.15) is 17.7 Å². The average molecular weight is 307 g/mol. The number of rotatable bonds is 6. The van der Waals surface area contributed by atoms with Crippen molar-refractivity contribution < 1.29 is 4.79 Å². The fraction of sp³-hybridized carbons (Fsp3) is 0.400. The van der Waals surface area contributed by atoms with E-state index >= 15 is 0 Å². The fourth-order valence-corrected chi connectivity index (χ4v) is 2.29. The van der Waals surface area contributed by atoms with Gasteiger partial charge in [-0.05, 0) is 18.1 Å². The average Bonchev–Trinajstić information content (AvgIpc) is 2.50. The van der Waals surface area contributed by atoms with Crippen LogP contribution in [-0.4, -0.2) is 21.9 Å². The van der Waals surface area contributed by atoms with Crippen molar-refractivity contribution in [2.24, 2.45) is 11.7 Å². The molecule has 2 aromatic rings. The third-order valence-corrected chi connectivity index (χ3v) is 3.82. The molecule has 0 radical (unpaired) electrons. The number of primary amides is 1. The summed E-state index contributed by atoms with van der Waals surface area (Å²) in [7, 11) is 0. The van der Waals surface area contributed by atoms with E-state index in [1.54, 1.807) is 0 Å². The monoisotopic (exact) mass is 306 g/mol. The number of nitrogens with zero attached hydrogens (tertiary/aromatic N) is 2. The molecule has 2 atom stereocenters. The Hall–Kier alpha value is -1.88. The highest BCUT2D eigenvalue weighted by molar-refractivity contribution is 6.16. The first-order chi connectivity index (χ1) is 10.1. The zero-order valence-electron chi connectivity index (χ0n) is 12.1. The van der Waals surface area contributed by atoms with Crippen LogP contribution in [0.5, 0.6) is 0 Å². The lowest BCUT2D eigenvalue weighted by Gasteiger charge is -2.22. The van der Waals surface area contributed by atoms with Gasteiger partial charge in [0, 0.05) is 5.39 Å². The van der Waals surface area contributed by atoms with E-state index in [0.717, 1.165) is 17.3 Å². The zero-order valence-corrected chi connectivity index (χ0v) is 12.9. The van der Waals surface area contributed by atoms with E-state index < -0.39 is 6.04 Å². The van der Waals surface area contributed by atoms with Gasteiger partial charge in [0.15, 0.2) is 0 Å². The van der Waals surface area contributed by atoms with Gasteiger partial charge in [-0.25, -0.2) is 9.97 Å². The number of amides is 1. The predicted molar refractivity (Wildman–Crippen MR) is 85.2 cm³/mol. The molecular weight excluding hydrogens is 288 g/mol. The Morgan fingerprint density at radius 1 is 1.38 bits per heavy atom. The summed E-state index contributed by atoms with van der Waals surface area (Å²) < 4.78 is 0. The van der Waals surface area contributed by atoms with E-state index in [2.05, 4.69) is 15.3 Å². The number of hydrogen-bond donors (Lipinski definition) is 2. The second-order valence-corrected chi connectivity index (χ2v) is 5.32. The van der Waals surface area contributed by atoms with Crippen LogP contribution in [0.4, 0.5) is 5.82 Å². The van der Waals surface area contributed by atoms with E-state index in [9.17, 15) is 4.79 Å². The molecule has 0 fully saturated rings. The Morgan fingerprint density at radius 3 is 2.71 bits per heavy atom. The second-order valence-electron chi connectivity index (χ2n) is 5.05. The smallest absolute Gasteiger partial charge is 0.240 e. The number of hydrogen-bond acceptors (Lipinski definition) is 4. The molecular formula is C15H19ClN4O. The number of aromatic nitrogens is 2. The third-order valence-electron chi connectivity index (χ3n) is 3.58. The largest absolute Gasteiger partial charge is 0.368 e. The summed E-state index contributed by atoms with van der Waals surface area (Å²) >= 11 is 5.84. The van der Waals surface area contributed by atoms with Gasteiger partial charge < -0.3 is 11.1 Å². The number of fused-ring (bicyclic) bond motifs is 1. The van der Waals surface area contributed by atoms with Crippen LogP contribution in [0.2, 0.25) is 0 Å². The van der Waals surface area contributed by atoms with Crippen molar-refractivity contribution in [2.75, 3.05) is 5.32 Å². The molecule has 1 aromatic heterocycles. The van der Waals surface area contributed by atoms with Gasteiger partial charge >= 0.3 is 0 Å². The molecule has 1 heterocycles. The first-order valence-corrected chi connectivity index (χ1v) is 7.47. The summed E-state index contributed by atoms with van der Waals surface area (Å²) in [5, 5.41) is 4.01. The number of nitrogens with two attached hydrogens (primary N) is 1. The minimum atomic E-state index is -0.475. The van der Waals surface area contributed by atoms with E-state index in [-0.39, 0.29) is 17.7 Å². The molecule has 21 heavy (non-hydrogen) atoms. The van der Waals surface area contributed by atoms with E-state index in [0.29, 0.717) is 11.6 Å². The number of halogens is 1. The van der Waals surface area contributed by atoms with Gasteiger partial charge in [-0.3, -0.25) is 4.79 Å². The van der Waals surface area contributed by atoms with Crippen LogP contribution in [-0.2, 0) is 10.7 Å². The van der Waals surface area contributed by atoms with Crippen LogP contribution in [0.3, 0.4) is 0 Å². The van der Waals surface area contributed by atoms with Crippen molar-refractivity contribution in [3.63, 3.8) is 0 Å². The number of para-hydroxylation sites is 1. The van der Waals surface area contributed by atoms with Gasteiger partial charge in [0.05, 0.1) is 11.4 Å². The quantitative estimate of drug-likeness (QED) is 0.804. The van der Waals surface area contributed by atoms with Crippen LogP contribution in [0.1, 0.15) is 26.1 Å². The summed E-state index contributed by atoms with van der Waals surface area (Å²) in [5.74, 6) is 1.05. The highest BCUT2D eigenvalue weighted by Gasteiger charge is 2.23. The normalized spacial score (nSPS) is 13.9. The van der Waals surface area contributed by atoms with Crippen molar-refractivity contribution in [3.8, 4) is 0 Å². The standard InChI is InChI=1S/C15H19ClN4O/c1-3-9(2)13(14(17)21)20-15-10-6-4-5-7-11(10)18-12(8-16)19-15/h4-7,9,13H,3,8H2,1-2H3,(H2,17,21)(H,18,19,20)/t9-,13?/m1/s1. The van der Waals surface area contributed by atoms with Crippen molar-refractivity contribution in [2.45, 2.75) is 32.2 Å². The first kappa shape index (κ1) is 15.5. The number of carbonyl (C=O) groups excluding carboxylic acids is 1. The maximum Gasteiger partial charge on any atom is 0.240 e. The summed E-state index contributed by atoms with van der Waals surface area (Å²) in [4.78, 5) is 20.5. The topological polar surface area (TPSA) is 80.9 Å². The summed E-state index contributed by atoms with van der Waals surface area (Å²) in [6, 6.07) is 7.12. The Morgan fingerprint density at radius 2 is 2.10 bits per heavy atom. The number of benzene rings is 1. The number of carbonyl (C=O) groups is 1. The van der Waals surface area contributed by atoms with Crippen LogP contribution in [0.25, 0.3) is 10.9 Å². The summed E-state index contributed by atoms with van der Waals surface area (Å²) in [6.45, 7) is 4.00. The fourth-order valence-electron chi connectivity index (χ4n) is 2.17. The minimum absolute atomic E-state index is 0.107. The molecule has 1 amide bonds. The maximum atomic E-state index is 11.7. The first-order valence-electron chi connectivity index (χ1n) is 6.94. The lowest BCUT2D eigenvalue weighted by Crippen LogP contribution is -2.40. The molecule has 6 heteroatoms. The van der Waals surface area contributed by atoms with Gasteiger partial charge in [-0.1, -0.05) is 32.4 Å². The lowest BCUT2D eigenvalue weighted by molar-refractivity contribution is -0.119. The zero-order chi connectivity index (χ0) is 15.4. The van der Waals surface area contributed by atoms with Gasteiger partial charge in [0.25, 0.3) is 0 Å². The highest BCUT2D eigenvalue weighted by Crippen LogP contribution is 2.23. The van der Waals surface area contributed by atoms with Crippen LogP contribution >= 0.6 is 11.6 Å². The van der Waals surface area contributed by atoms with Crippen LogP contribution < -0.4 is 11.1 Å². The Balaban J connectivity index is 2.46. The highest BCUT2D eigenvalue weighted by atomic mass is 35.5. The van der Waals surface area contributed by atoms with Crippen molar-refractivity contribution in [1.82, 2.24) is 9.97 Å². The number of anilines is 1. The lowest BCUT2D eigenvalue weighted by atomic mass is 9.98. The van der Waals surface area contributed by atoms with Crippen molar-refractivity contribution >= 4 is 34.2 Å². The number of nitrogens with one attached hydrogen (secondary N) is 1. The Kier molecular flexibility index (Phi) is 4.96. The van der Waals surface area contributed by atoms with E-state index in [1.807, 2.05) is 38.1 Å². The second kappa shape index (κ2) is 6.72. The van der Waals surface area contributed by atoms with Crippen molar-refractivity contribution in [1.29, 1.82) is 0 Å². The Labute approximate surface area is 128 Å². The maximum absolute atomic E-state index is 11.7. The molecule has 0 saturated carbocycles. The molecule has 0 saturated heterocycles. The molecule has 112 valence electrons.